The van der Waals surface area contributed by atoms with E-state index in [1.165, 1.54) is 7.11 Å². The van der Waals surface area contributed by atoms with Crippen molar-refractivity contribution in [1.29, 1.82) is 0 Å². The van der Waals surface area contributed by atoms with E-state index < -0.39 is 5.97 Å². The number of esters is 1. The van der Waals surface area contributed by atoms with E-state index in [0.29, 0.717) is 17.9 Å². The summed E-state index contributed by atoms with van der Waals surface area (Å²) in [6.45, 7) is 2.34. The van der Waals surface area contributed by atoms with Crippen LogP contribution in [0.3, 0.4) is 0 Å². The summed E-state index contributed by atoms with van der Waals surface area (Å²) in [5, 5.41) is 0. The summed E-state index contributed by atoms with van der Waals surface area (Å²) >= 11 is 0. The van der Waals surface area contributed by atoms with E-state index in [0.717, 1.165) is 24.2 Å². The van der Waals surface area contributed by atoms with Crippen LogP contribution in [0.25, 0.3) is 5.65 Å². The number of pyridine rings is 1. The van der Waals surface area contributed by atoms with Crippen molar-refractivity contribution in [3.63, 3.8) is 0 Å². The van der Waals surface area contributed by atoms with Crippen LogP contribution in [0, 0.1) is 0 Å². The van der Waals surface area contributed by atoms with Crippen molar-refractivity contribution in [2.45, 2.75) is 25.4 Å². The van der Waals surface area contributed by atoms with Gasteiger partial charge < -0.3 is 18.6 Å². The van der Waals surface area contributed by atoms with E-state index in [2.05, 4.69) is 4.98 Å². The van der Waals surface area contributed by atoms with Crippen molar-refractivity contribution >= 4 is 11.6 Å². The zero-order chi connectivity index (χ0) is 15.0. The first-order chi connectivity index (χ1) is 10.1. The van der Waals surface area contributed by atoms with Gasteiger partial charge in [0.2, 0.25) is 0 Å². The maximum atomic E-state index is 11.9. The Hall–Kier alpha value is -2.08. The average molecular weight is 290 g/mol. The molecule has 6 heteroatoms. The van der Waals surface area contributed by atoms with Crippen molar-refractivity contribution in [3.8, 4) is 5.75 Å². The molecule has 1 fully saturated rings. The lowest BCUT2D eigenvalue weighted by molar-refractivity contribution is 0.0595. The van der Waals surface area contributed by atoms with Crippen molar-refractivity contribution in [2.24, 2.45) is 0 Å². The number of hydrogen-bond acceptors (Lipinski definition) is 5. The van der Waals surface area contributed by atoms with Crippen LogP contribution in [-0.2, 0) is 15.1 Å². The summed E-state index contributed by atoms with van der Waals surface area (Å²) in [5.41, 5.74) is 1.74. The van der Waals surface area contributed by atoms with Gasteiger partial charge in [-0.1, -0.05) is 0 Å². The first-order valence-corrected chi connectivity index (χ1v) is 6.93. The lowest BCUT2D eigenvalue weighted by Gasteiger charge is -2.09. The number of rotatable bonds is 5. The van der Waals surface area contributed by atoms with Gasteiger partial charge in [0.1, 0.15) is 22.6 Å². The molecule has 0 saturated heterocycles. The molecule has 2 aromatic heterocycles. The van der Waals surface area contributed by atoms with Crippen molar-refractivity contribution in [2.75, 3.05) is 20.8 Å². The van der Waals surface area contributed by atoms with E-state index in [9.17, 15) is 4.79 Å². The predicted octanol–water partition coefficient (Wildman–Crippen LogP) is 2.16. The van der Waals surface area contributed by atoms with Gasteiger partial charge in [-0.25, -0.2) is 9.78 Å². The highest BCUT2D eigenvalue weighted by atomic mass is 16.5. The zero-order valence-corrected chi connectivity index (χ0v) is 12.4. The second-order valence-corrected chi connectivity index (χ2v) is 5.07. The van der Waals surface area contributed by atoms with Gasteiger partial charge in [0, 0.05) is 25.6 Å². The summed E-state index contributed by atoms with van der Waals surface area (Å²) in [6, 6.07) is 1.75. The molecule has 0 atom stereocenters. The van der Waals surface area contributed by atoms with Gasteiger partial charge in [-0.15, -0.1) is 0 Å². The molecule has 0 radical (unpaired) electrons. The number of hydrogen-bond donors (Lipinski definition) is 0. The first-order valence-electron chi connectivity index (χ1n) is 6.93. The van der Waals surface area contributed by atoms with Crippen LogP contribution in [-0.4, -0.2) is 36.2 Å². The number of fused-ring (bicyclic) bond motifs is 1. The Kier molecular flexibility index (Phi) is 3.33. The Bertz CT molecular complexity index is 688. The molecular formula is C15H18N2O4. The molecule has 0 N–H and O–H groups in total. The highest BCUT2D eigenvalue weighted by Gasteiger charge is 2.47. The fourth-order valence-corrected chi connectivity index (χ4v) is 2.45. The Morgan fingerprint density at radius 2 is 2.14 bits per heavy atom. The number of ether oxygens (including phenoxy) is 3. The molecule has 0 aromatic carbocycles. The average Bonchev–Trinajstić information content (AvgIpc) is 3.19. The molecule has 1 aliphatic rings. The Morgan fingerprint density at radius 1 is 1.38 bits per heavy atom. The van der Waals surface area contributed by atoms with E-state index in [1.54, 1.807) is 19.4 Å². The van der Waals surface area contributed by atoms with Crippen LogP contribution in [0.2, 0.25) is 0 Å². The van der Waals surface area contributed by atoms with Gasteiger partial charge in [0.25, 0.3) is 0 Å². The monoisotopic (exact) mass is 290 g/mol. The number of nitrogens with zero attached hydrogens (tertiary/aromatic N) is 2. The summed E-state index contributed by atoms with van der Waals surface area (Å²) < 4.78 is 17.7. The van der Waals surface area contributed by atoms with Gasteiger partial charge in [-0.05, 0) is 19.8 Å². The van der Waals surface area contributed by atoms with Gasteiger partial charge in [-0.3, -0.25) is 0 Å². The molecule has 0 bridgehead atoms. The number of methoxy groups -OCH3 is 2. The molecule has 2 aromatic rings. The number of carbonyl (C=O) groups is 1. The van der Waals surface area contributed by atoms with Crippen LogP contribution in [0.5, 0.6) is 5.75 Å². The molecule has 21 heavy (non-hydrogen) atoms. The van der Waals surface area contributed by atoms with Gasteiger partial charge in [-0.2, -0.15) is 0 Å². The lowest BCUT2D eigenvalue weighted by Crippen LogP contribution is -2.08. The van der Waals surface area contributed by atoms with Crippen molar-refractivity contribution in [1.82, 2.24) is 9.38 Å². The van der Waals surface area contributed by atoms with Crippen molar-refractivity contribution < 1.29 is 19.0 Å². The van der Waals surface area contributed by atoms with Crippen LogP contribution in [0.4, 0.5) is 0 Å². The molecule has 112 valence electrons. The molecule has 0 unspecified atom stereocenters. The highest BCUT2D eigenvalue weighted by molar-refractivity contribution is 5.92. The van der Waals surface area contributed by atoms with Crippen LogP contribution >= 0.6 is 0 Å². The third-order valence-electron chi connectivity index (χ3n) is 3.82. The molecular weight excluding hydrogens is 272 g/mol. The number of imidazole rings is 1. The Labute approximate surface area is 122 Å². The van der Waals surface area contributed by atoms with E-state index in [4.69, 9.17) is 14.2 Å². The molecule has 0 spiro atoms. The van der Waals surface area contributed by atoms with Gasteiger partial charge in [0.15, 0.2) is 0 Å². The van der Waals surface area contributed by atoms with Crippen LogP contribution in [0.1, 0.15) is 35.8 Å². The Morgan fingerprint density at radius 3 is 2.71 bits per heavy atom. The fourth-order valence-electron chi connectivity index (χ4n) is 2.45. The SMILES string of the molecule is CCOc1cc2nc(C3(OC)CC3)cn2cc1C(=O)OC. The minimum atomic E-state index is -0.427. The normalized spacial score (nSPS) is 16.0. The Balaban J connectivity index is 2.10. The standard InChI is InChI=1S/C15H18N2O4/c1-4-21-11-7-13-16-12(15(20-3)5-6-15)9-17(13)8-10(11)14(18)19-2/h7-9H,4-6H2,1-3H3. The van der Waals surface area contributed by atoms with E-state index in [1.807, 2.05) is 17.5 Å². The lowest BCUT2D eigenvalue weighted by atomic mass is 10.2. The van der Waals surface area contributed by atoms with Gasteiger partial charge >= 0.3 is 5.97 Å². The number of carbonyl (C=O) groups excluding carboxylic acids is 1. The van der Waals surface area contributed by atoms with Crippen molar-refractivity contribution in [3.05, 3.63) is 29.7 Å². The van der Waals surface area contributed by atoms with Crippen LogP contribution in [0.15, 0.2) is 18.5 Å². The summed E-state index contributed by atoms with van der Waals surface area (Å²) in [6.07, 6.45) is 5.52. The highest BCUT2D eigenvalue weighted by Crippen LogP contribution is 2.48. The quantitative estimate of drug-likeness (QED) is 0.790. The largest absolute Gasteiger partial charge is 0.493 e. The maximum absolute atomic E-state index is 11.9. The molecule has 6 nitrogen and oxygen atoms in total. The fraction of sp³-hybridized carbons (Fsp3) is 0.467. The minimum Gasteiger partial charge on any atom is -0.493 e. The van der Waals surface area contributed by atoms with E-state index >= 15 is 0 Å². The predicted molar refractivity (Wildman–Crippen MR) is 75.6 cm³/mol. The van der Waals surface area contributed by atoms with Gasteiger partial charge in [0.05, 0.1) is 19.4 Å². The third-order valence-corrected chi connectivity index (χ3v) is 3.82. The summed E-state index contributed by atoms with van der Waals surface area (Å²) in [7, 11) is 3.05. The summed E-state index contributed by atoms with van der Waals surface area (Å²) in [5.74, 6) is 0.0553. The molecule has 0 aliphatic heterocycles. The number of aromatic nitrogens is 2. The maximum Gasteiger partial charge on any atom is 0.343 e. The topological polar surface area (TPSA) is 62.1 Å². The third kappa shape index (κ3) is 2.25. The first kappa shape index (κ1) is 13.9. The minimum absolute atomic E-state index is 0.261. The smallest absolute Gasteiger partial charge is 0.343 e. The molecule has 1 saturated carbocycles. The molecule has 0 amide bonds. The molecule has 1 aliphatic carbocycles. The second kappa shape index (κ2) is 5.04. The summed E-state index contributed by atoms with van der Waals surface area (Å²) in [4.78, 5) is 16.5. The molecule has 3 rings (SSSR count). The molecule has 2 heterocycles. The van der Waals surface area contributed by atoms with E-state index in [-0.39, 0.29) is 5.60 Å². The van der Waals surface area contributed by atoms with Crippen LogP contribution < -0.4 is 4.74 Å². The second-order valence-electron chi connectivity index (χ2n) is 5.07. The zero-order valence-electron chi connectivity index (χ0n) is 12.4.